The zero-order chi connectivity index (χ0) is 16.8. The van der Waals surface area contributed by atoms with Gasteiger partial charge in [-0.1, -0.05) is 23.7 Å². The molecule has 2 aliphatic heterocycles. The Labute approximate surface area is 148 Å². The molecule has 1 aromatic rings. The van der Waals surface area contributed by atoms with E-state index in [9.17, 15) is 4.79 Å². The highest BCUT2D eigenvalue weighted by Gasteiger charge is 2.24. The van der Waals surface area contributed by atoms with Crippen LogP contribution in [-0.4, -0.2) is 56.2 Å². The van der Waals surface area contributed by atoms with Crippen molar-refractivity contribution in [2.45, 2.75) is 31.3 Å². The minimum absolute atomic E-state index is 0.120. The van der Waals surface area contributed by atoms with Crippen LogP contribution in [0.2, 0.25) is 5.02 Å². The molecule has 0 bridgehead atoms. The minimum Gasteiger partial charge on any atom is -0.379 e. The van der Waals surface area contributed by atoms with Gasteiger partial charge in [-0.05, 0) is 37.1 Å². The highest BCUT2D eigenvalue weighted by atomic mass is 35.5. The van der Waals surface area contributed by atoms with E-state index in [0.717, 1.165) is 56.3 Å². The maximum Gasteiger partial charge on any atom is 0.221 e. The van der Waals surface area contributed by atoms with Gasteiger partial charge in [0.05, 0.1) is 19.3 Å². The highest BCUT2D eigenvalue weighted by molar-refractivity contribution is 6.30. The van der Waals surface area contributed by atoms with Gasteiger partial charge in [-0.15, -0.1) is 0 Å². The number of nitrogens with one attached hydrogen (secondary N) is 2. The molecule has 1 aromatic carbocycles. The van der Waals surface area contributed by atoms with Gasteiger partial charge in [0.25, 0.3) is 0 Å². The Balaban J connectivity index is 1.61. The number of amides is 1. The number of halogens is 1. The van der Waals surface area contributed by atoms with Crippen LogP contribution in [0.25, 0.3) is 0 Å². The fourth-order valence-corrected chi connectivity index (χ4v) is 3.70. The molecule has 1 amide bonds. The highest BCUT2D eigenvalue weighted by Crippen LogP contribution is 2.24. The topological polar surface area (TPSA) is 53.6 Å². The molecule has 2 saturated heterocycles. The summed E-state index contributed by atoms with van der Waals surface area (Å²) in [6, 6.07) is 8.38. The number of nitrogens with zero attached hydrogens (tertiary/aromatic N) is 1. The molecule has 2 fully saturated rings. The Morgan fingerprint density at radius 2 is 2.25 bits per heavy atom. The van der Waals surface area contributed by atoms with Gasteiger partial charge in [-0.3, -0.25) is 9.69 Å². The second kappa shape index (κ2) is 8.81. The molecule has 6 heteroatoms. The lowest BCUT2D eigenvalue weighted by molar-refractivity contribution is -0.121. The van der Waals surface area contributed by atoms with Crippen LogP contribution in [0.3, 0.4) is 0 Å². The smallest absolute Gasteiger partial charge is 0.221 e. The molecule has 0 radical (unpaired) electrons. The van der Waals surface area contributed by atoms with Crippen molar-refractivity contribution < 1.29 is 9.53 Å². The summed E-state index contributed by atoms with van der Waals surface area (Å²) >= 11 is 6.17. The lowest BCUT2D eigenvalue weighted by Gasteiger charge is -2.35. The number of hydrogen-bond donors (Lipinski definition) is 2. The van der Waals surface area contributed by atoms with Crippen molar-refractivity contribution in [3.05, 3.63) is 34.9 Å². The lowest BCUT2D eigenvalue weighted by atomic mass is 10.0. The van der Waals surface area contributed by atoms with Crippen molar-refractivity contribution in [1.29, 1.82) is 0 Å². The Morgan fingerprint density at radius 3 is 2.96 bits per heavy atom. The van der Waals surface area contributed by atoms with Crippen molar-refractivity contribution in [3.63, 3.8) is 0 Å². The molecule has 24 heavy (non-hydrogen) atoms. The van der Waals surface area contributed by atoms with Crippen molar-refractivity contribution in [2.24, 2.45) is 0 Å². The average molecular weight is 352 g/mol. The number of carbonyl (C=O) groups is 1. The molecule has 0 aliphatic carbocycles. The number of ether oxygens (including phenoxy) is 1. The van der Waals surface area contributed by atoms with E-state index < -0.39 is 0 Å². The van der Waals surface area contributed by atoms with Crippen molar-refractivity contribution in [1.82, 2.24) is 15.5 Å². The summed E-state index contributed by atoms with van der Waals surface area (Å²) in [6.07, 6.45) is 2.82. The SMILES string of the molecule is O=C(CC1CCCN1)NCC(c1cccc(Cl)c1)N1CCOCC1. The predicted molar refractivity (Wildman–Crippen MR) is 95.2 cm³/mol. The summed E-state index contributed by atoms with van der Waals surface area (Å²) in [4.78, 5) is 14.6. The molecule has 2 heterocycles. The van der Waals surface area contributed by atoms with E-state index in [-0.39, 0.29) is 11.9 Å². The van der Waals surface area contributed by atoms with Gasteiger partial charge in [-0.2, -0.15) is 0 Å². The van der Waals surface area contributed by atoms with E-state index in [2.05, 4.69) is 21.6 Å². The van der Waals surface area contributed by atoms with Gasteiger partial charge in [-0.25, -0.2) is 0 Å². The zero-order valence-corrected chi connectivity index (χ0v) is 14.7. The van der Waals surface area contributed by atoms with E-state index in [1.165, 1.54) is 0 Å². The van der Waals surface area contributed by atoms with Crippen molar-refractivity contribution >= 4 is 17.5 Å². The van der Waals surface area contributed by atoms with E-state index in [0.29, 0.717) is 19.0 Å². The van der Waals surface area contributed by atoms with E-state index in [1.54, 1.807) is 0 Å². The number of carbonyl (C=O) groups excluding carboxylic acids is 1. The van der Waals surface area contributed by atoms with E-state index in [4.69, 9.17) is 16.3 Å². The Bertz CT molecular complexity index is 543. The third-order valence-electron chi connectivity index (χ3n) is 4.81. The van der Waals surface area contributed by atoms with Gasteiger partial charge in [0.2, 0.25) is 5.91 Å². The van der Waals surface area contributed by atoms with Crippen LogP contribution in [0, 0.1) is 0 Å². The third kappa shape index (κ3) is 4.93. The summed E-state index contributed by atoms with van der Waals surface area (Å²) in [5.41, 5.74) is 1.14. The van der Waals surface area contributed by atoms with E-state index >= 15 is 0 Å². The first kappa shape index (κ1) is 17.7. The summed E-state index contributed by atoms with van der Waals surface area (Å²) in [5.74, 6) is 0.120. The zero-order valence-electron chi connectivity index (χ0n) is 14.0. The standard InChI is InChI=1S/C18H26ClN3O2/c19-15-4-1-3-14(11-15)17(22-7-9-24-10-8-22)13-21-18(23)12-16-5-2-6-20-16/h1,3-4,11,16-17,20H,2,5-10,12-13H2,(H,21,23). The van der Waals surface area contributed by atoms with Crippen LogP contribution in [0.1, 0.15) is 30.9 Å². The first-order chi connectivity index (χ1) is 11.7. The van der Waals surface area contributed by atoms with Crippen LogP contribution < -0.4 is 10.6 Å². The van der Waals surface area contributed by atoms with Crippen molar-refractivity contribution in [2.75, 3.05) is 39.4 Å². The number of hydrogen-bond acceptors (Lipinski definition) is 4. The second-order valence-electron chi connectivity index (χ2n) is 6.52. The van der Waals surface area contributed by atoms with Gasteiger partial charge in [0.15, 0.2) is 0 Å². The van der Waals surface area contributed by atoms with Crippen LogP contribution in [0.4, 0.5) is 0 Å². The first-order valence-corrected chi connectivity index (χ1v) is 9.17. The van der Waals surface area contributed by atoms with Crippen LogP contribution in [0.15, 0.2) is 24.3 Å². The summed E-state index contributed by atoms with van der Waals surface area (Å²) in [7, 11) is 0. The number of morpholine rings is 1. The molecular weight excluding hydrogens is 326 g/mol. The lowest BCUT2D eigenvalue weighted by Crippen LogP contribution is -2.44. The van der Waals surface area contributed by atoms with Crippen LogP contribution >= 0.6 is 11.6 Å². The summed E-state index contributed by atoms with van der Waals surface area (Å²) in [5, 5.41) is 7.22. The molecule has 0 saturated carbocycles. The molecule has 2 atom stereocenters. The predicted octanol–water partition coefficient (Wildman–Crippen LogP) is 1.97. The fraction of sp³-hybridized carbons (Fsp3) is 0.611. The average Bonchev–Trinajstić information content (AvgIpc) is 3.09. The quantitative estimate of drug-likeness (QED) is 0.822. The maximum absolute atomic E-state index is 12.3. The van der Waals surface area contributed by atoms with Crippen molar-refractivity contribution in [3.8, 4) is 0 Å². The third-order valence-corrected chi connectivity index (χ3v) is 5.04. The minimum atomic E-state index is 0.120. The molecule has 5 nitrogen and oxygen atoms in total. The Morgan fingerprint density at radius 1 is 1.42 bits per heavy atom. The normalized spacial score (nSPS) is 23.1. The van der Waals surface area contributed by atoms with Gasteiger partial charge >= 0.3 is 0 Å². The molecule has 0 spiro atoms. The van der Waals surface area contributed by atoms with Gasteiger partial charge in [0.1, 0.15) is 0 Å². The maximum atomic E-state index is 12.3. The second-order valence-corrected chi connectivity index (χ2v) is 6.96. The van der Waals surface area contributed by atoms with Crippen LogP contribution in [0.5, 0.6) is 0 Å². The fourth-order valence-electron chi connectivity index (χ4n) is 3.50. The van der Waals surface area contributed by atoms with Gasteiger partial charge < -0.3 is 15.4 Å². The Hall–Kier alpha value is -1.14. The molecule has 2 N–H and O–H groups in total. The monoisotopic (exact) mass is 351 g/mol. The largest absolute Gasteiger partial charge is 0.379 e. The summed E-state index contributed by atoms with van der Waals surface area (Å²) in [6.45, 7) is 4.84. The molecule has 132 valence electrons. The van der Waals surface area contributed by atoms with E-state index in [1.807, 2.05) is 18.2 Å². The number of benzene rings is 1. The van der Waals surface area contributed by atoms with Gasteiger partial charge in [0, 0.05) is 37.1 Å². The molecule has 0 aromatic heterocycles. The molecule has 2 unspecified atom stereocenters. The molecular formula is C18H26ClN3O2. The Kier molecular flexibility index (Phi) is 6.49. The molecule has 3 rings (SSSR count). The first-order valence-electron chi connectivity index (χ1n) is 8.80. The van der Waals surface area contributed by atoms with Crippen LogP contribution in [-0.2, 0) is 9.53 Å². The number of rotatable bonds is 6. The summed E-state index contributed by atoms with van der Waals surface area (Å²) < 4.78 is 5.46. The molecule has 2 aliphatic rings.